The largest absolute Gasteiger partial charge is 0.441 e. The number of alkyl halides is 1. The molecule has 0 spiro atoms. The van der Waals surface area contributed by atoms with Gasteiger partial charge in [0.1, 0.15) is 17.4 Å². The Bertz CT molecular complexity index is 1350. The van der Waals surface area contributed by atoms with Gasteiger partial charge in [-0.3, -0.25) is 10.1 Å². The number of rotatable bonds is 6. The SMILES string of the molecule is C[C@@H](OC(=O)Nc1c(-c2ccc(C(=O)N[C@H]3C[C@@H](F)C4CC3C4)c(F)n2)nnn1C)c1cccnc1Cl. The van der Waals surface area contributed by atoms with Gasteiger partial charge < -0.3 is 10.1 Å². The fraction of sp³-hybridized carbons (Fsp3) is 0.417. The molecule has 3 aromatic rings. The fourth-order valence-corrected chi connectivity index (χ4v) is 5.11. The van der Waals surface area contributed by atoms with E-state index in [2.05, 4.69) is 30.9 Å². The highest BCUT2D eigenvalue weighted by Crippen LogP contribution is 2.47. The summed E-state index contributed by atoms with van der Waals surface area (Å²) in [6, 6.07) is 5.70. The summed E-state index contributed by atoms with van der Waals surface area (Å²) in [6.45, 7) is 1.63. The van der Waals surface area contributed by atoms with Crippen LogP contribution < -0.4 is 10.6 Å². The van der Waals surface area contributed by atoms with Crippen LogP contribution >= 0.6 is 11.6 Å². The first-order valence-electron chi connectivity index (χ1n) is 11.8. The lowest BCUT2D eigenvalue weighted by atomic mass is 9.62. The number of anilines is 1. The van der Waals surface area contributed by atoms with Crippen molar-refractivity contribution >= 4 is 29.4 Å². The van der Waals surface area contributed by atoms with Gasteiger partial charge in [-0.15, -0.1) is 5.10 Å². The summed E-state index contributed by atoms with van der Waals surface area (Å²) >= 11 is 6.06. The quantitative estimate of drug-likeness (QED) is 0.456. The number of pyridine rings is 2. The molecule has 0 radical (unpaired) electrons. The van der Waals surface area contributed by atoms with Gasteiger partial charge in [-0.25, -0.2) is 23.8 Å². The van der Waals surface area contributed by atoms with E-state index in [-0.39, 0.29) is 52.2 Å². The van der Waals surface area contributed by atoms with Crippen LogP contribution in [0.4, 0.5) is 19.4 Å². The molecule has 37 heavy (non-hydrogen) atoms. The normalized spacial score (nSPS) is 23.1. The predicted molar refractivity (Wildman–Crippen MR) is 129 cm³/mol. The summed E-state index contributed by atoms with van der Waals surface area (Å²) < 4.78 is 35.6. The number of ether oxygens (including phenoxy) is 1. The molecule has 3 aliphatic rings. The topological polar surface area (TPSA) is 124 Å². The molecule has 3 heterocycles. The molecular formula is C24H24ClF2N7O3. The van der Waals surface area contributed by atoms with E-state index in [1.807, 2.05) is 0 Å². The maximum absolute atomic E-state index is 14.9. The number of halogens is 3. The number of hydrogen-bond donors (Lipinski definition) is 2. The van der Waals surface area contributed by atoms with Crippen molar-refractivity contribution in [1.29, 1.82) is 0 Å². The zero-order valence-electron chi connectivity index (χ0n) is 20.0. The summed E-state index contributed by atoms with van der Waals surface area (Å²) in [6.07, 6.45) is 0.763. The van der Waals surface area contributed by atoms with E-state index in [9.17, 15) is 18.4 Å². The van der Waals surface area contributed by atoms with Gasteiger partial charge in [0.05, 0.1) is 11.3 Å². The van der Waals surface area contributed by atoms with Crippen LogP contribution in [0.5, 0.6) is 0 Å². The van der Waals surface area contributed by atoms with E-state index in [0.717, 1.165) is 12.8 Å². The highest BCUT2D eigenvalue weighted by Gasteiger charge is 2.46. The molecule has 0 aliphatic heterocycles. The zero-order chi connectivity index (χ0) is 26.3. The number of nitrogens with one attached hydrogen (secondary N) is 2. The Kier molecular flexibility index (Phi) is 6.76. The molecular weight excluding hydrogens is 508 g/mol. The Morgan fingerprint density at radius 3 is 2.70 bits per heavy atom. The number of aromatic nitrogens is 5. The smallest absolute Gasteiger partial charge is 0.413 e. The number of fused-ring (bicyclic) bond motifs is 2. The molecule has 194 valence electrons. The number of carbonyl (C=O) groups excluding carboxylic acids is 2. The van der Waals surface area contributed by atoms with Crippen molar-refractivity contribution in [1.82, 2.24) is 30.3 Å². The van der Waals surface area contributed by atoms with Gasteiger partial charge in [0.15, 0.2) is 11.5 Å². The number of aryl methyl sites for hydroxylation is 1. The lowest BCUT2D eigenvalue weighted by Gasteiger charge is -2.48. The van der Waals surface area contributed by atoms with E-state index in [1.165, 1.54) is 30.1 Å². The van der Waals surface area contributed by atoms with Gasteiger partial charge in [0.25, 0.3) is 5.91 Å². The molecule has 10 nitrogen and oxygen atoms in total. The molecule has 3 aliphatic carbocycles. The Morgan fingerprint density at radius 2 is 2.00 bits per heavy atom. The number of amides is 2. The highest BCUT2D eigenvalue weighted by atomic mass is 35.5. The Labute approximate surface area is 215 Å². The minimum absolute atomic E-state index is 0.0455. The van der Waals surface area contributed by atoms with Crippen molar-refractivity contribution in [2.24, 2.45) is 18.9 Å². The molecule has 6 rings (SSSR count). The second kappa shape index (κ2) is 10.0. The standard InChI is InChI=1S/C24H24ClF2N7O3/c1-11(14-4-3-7-28-20(14)25)37-24(36)31-22-19(32-33-34(22)2)17-6-5-15(21(27)29-17)23(35)30-18-10-16(26)12-8-13(18)9-12/h3-7,11-13,16,18H,8-10H2,1-2H3,(H,30,35)(H,31,36)/t11-,12?,13?,16-,18+/m1/s1. The van der Waals surface area contributed by atoms with Crippen molar-refractivity contribution in [3.63, 3.8) is 0 Å². The summed E-state index contributed by atoms with van der Waals surface area (Å²) in [7, 11) is 1.53. The second-order valence-electron chi connectivity index (χ2n) is 9.32. The third-order valence-electron chi connectivity index (χ3n) is 6.98. The minimum Gasteiger partial charge on any atom is -0.441 e. The summed E-state index contributed by atoms with van der Waals surface area (Å²) in [5, 5.41) is 13.3. The van der Waals surface area contributed by atoms with Crippen LogP contribution in [0.3, 0.4) is 0 Å². The molecule has 0 saturated heterocycles. The molecule has 3 saturated carbocycles. The van der Waals surface area contributed by atoms with E-state index < -0.39 is 30.2 Å². The molecule has 3 atom stereocenters. The van der Waals surface area contributed by atoms with Crippen molar-refractivity contribution in [2.75, 3.05) is 5.32 Å². The van der Waals surface area contributed by atoms with Gasteiger partial charge in [-0.1, -0.05) is 22.9 Å². The lowest BCUT2D eigenvalue weighted by Crippen LogP contribution is -2.54. The van der Waals surface area contributed by atoms with E-state index >= 15 is 0 Å². The average molecular weight is 532 g/mol. The van der Waals surface area contributed by atoms with Gasteiger partial charge >= 0.3 is 6.09 Å². The van der Waals surface area contributed by atoms with Gasteiger partial charge in [0.2, 0.25) is 5.95 Å². The van der Waals surface area contributed by atoms with Crippen LogP contribution in [0.25, 0.3) is 11.4 Å². The fourth-order valence-electron chi connectivity index (χ4n) is 4.84. The molecule has 13 heteroatoms. The third-order valence-corrected chi connectivity index (χ3v) is 7.30. The first kappa shape index (κ1) is 25.0. The monoisotopic (exact) mass is 531 g/mol. The summed E-state index contributed by atoms with van der Waals surface area (Å²) in [4.78, 5) is 33.1. The van der Waals surface area contributed by atoms with Gasteiger partial charge in [0, 0.05) is 24.8 Å². The maximum Gasteiger partial charge on any atom is 0.413 e. The van der Waals surface area contributed by atoms with E-state index in [4.69, 9.17) is 16.3 Å². The number of nitrogens with zero attached hydrogens (tertiary/aromatic N) is 5. The molecule has 0 aromatic carbocycles. The lowest BCUT2D eigenvalue weighted by molar-refractivity contribution is -0.00272. The Hall–Kier alpha value is -3.67. The second-order valence-corrected chi connectivity index (χ2v) is 9.68. The molecule has 0 unspecified atom stereocenters. The Morgan fingerprint density at radius 1 is 1.22 bits per heavy atom. The minimum atomic E-state index is -1.02. The van der Waals surface area contributed by atoms with Crippen LogP contribution in [-0.4, -0.2) is 49.2 Å². The van der Waals surface area contributed by atoms with Crippen molar-refractivity contribution < 1.29 is 23.1 Å². The van der Waals surface area contributed by atoms with Gasteiger partial charge in [-0.05, 0) is 56.2 Å². The number of hydrogen-bond acceptors (Lipinski definition) is 7. The molecule has 3 aromatic heterocycles. The predicted octanol–water partition coefficient (Wildman–Crippen LogP) is 4.24. The molecule has 2 bridgehead atoms. The highest BCUT2D eigenvalue weighted by molar-refractivity contribution is 6.30. The van der Waals surface area contributed by atoms with Crippen LogP contribution in [0, 0.1) is 17.8 Å². The van der Waals surface area contributed by atoms with Crippen LogP contribution in [0.15, 0.2) is 30.5 Å². The molecule has 2 N–H and O–H groups in total. The summed E-state index contributed by atoms with van der Waals surface area (Å²) in [5.74, 6) is -1.26. The first-order chi connectivity index (χ1) is 17.7. The zero-order valence-corrected chi connectivity index (χ0v) is 20.7. The van der Waals surface area contributed by atoms with E-state index in [1.54, 1.807) is 19.1 Å². The van der Waals surface area contributed by atoms with Crippen LogP contribution in [-0.2, 0) is 11.8 Å². The molecule has 2 amide bonds. The van der Waals surface area contributed by atoms with Crippen molar-refractivity contribution in [3.05, 3.63) is 52.7 Å². The first-order valence-corrected chi connectivity index (χ1v) is 12.2. The maximum atomic E-state index is 14.9. The average Bonchev–Trinajstić information content (AvgIpc) is 3.17. The van der Waals surface area contributed by atoms with Crippen molar-refractivity contribution in [2.45, 2.75) is 44.5 Å². The van der Waals surface area contributed by atoms with Crippen molar-refractivity contribution in [3.8, 4) is 11.4 Å². The van der Waals surface area contributed by atoms with Crippen LogP contribution in [0.2, 0.25) is 5.15 Å². The van der Waals surface area contributed by atoms with E-state index in [0.29, 0.717) is 5.56 Å². The number of carbonyl (C=O) groups is 2. The third kappa shape index (κ3) is 4.97. The van der Waals surface area contributed by atoms with Crippen LogP contribution in [0.1, 0.15) is 48.2 Å². The van der Waals surface area contributed by atoms with Gasteiger partial charge in [-0.2, -0.15) is 4.39 Å². The molecule has 3 fully saturated rings. The Balaban J connectivity index is 1.28. The summed E-state index contributed by atoms with van der Waals surface area (Å²) in [5.41, 5.74) is 0.378.